The quantitative estimate of drug-likeness (QED) is 0.373. The van der Waals surface area contributed by atoms with Gasteiger partial charge in [-0.1, -0.05) is 12.1 Å². The third kappa shape index (κ3) is 6.95. The van der Waals surface area contributed by atoms with Crippen molar-refractivity contribution in [2.24, 2.45) is 0 Å². The highest BCUT2D eigenvalue weighted by Crippen LogP contribution is 2.18. The molecule has 0 radical (unpaired) electrons. The zero-order valence-corrected chi connectivity index (χ0v) is 16.8. The molecule has 0 aliphatic heterocycles. The van der Waals surface area contributed by atoms with Gasteiger partial charge in [-0.25, -0.2) is 0 Å². The van der Waals surface area contributed by atoms with E-state index in [4.69, 9.17) is 14.2 Å². The number of methoxy groups -OCH3 is 1. The third-order valence-corrected chi connectivity index (χ3v) is 4.10. The Kier molecular flexibility index (Phi) is 8.21. The second kappa shape index (κ2) is 10.8. The van der Waals surface area contributed by atoms with Crippen LogP contribution in [-0.2, 0) is 14.3 Å². The monoisotopic (exact) mass is 399 g/mol. The number of amides is 1. The van der Waals surface area contributed by atoms with Gasteiger partial charge in [0.05, 0.1) is 19.4 Å². The molecular formula is C22H25NO6. The van der Waals surface area contributed by atoms with Gasteiger partial charge in [-0.2, -0.15) is 0 Å². The van der Waals surface area contributed by atoms with Crippen LogP contribution in [0.2, 0.25) is 0 Å². The summed E-state index contributed by atoms with van der Waals surface area (Å²) in [6.45, 7) is 3.24. The molecule has 0 unspecified atom stereocenters. The normalized spacial score (nSPS) is 11.3. The molecule has 7 heteroatoms. The highest BCUT2D eigenvalue weighted by Gasteiger charge is 2.19. The number of carbonyl (C=O) groups excluding carboxylic acids is 3. The molecule has 1 amide bonds. The second-order valence-corrected chi connectivity index (χ2v) is 6.35. The minimum absolute atomic E-state index is 0.123. The number of esters is 1. The summed E-state index contributed by atoms with van der Waals surface area (Å²) in [6.07, 6.45) is -0.408. The van der Waals surface area contributed by atoms with Gasteiger partial charge in [0.25, 0.3) is 5.91 Å². The highest BCUT2D eigenvalue weighted by molar-refractivity contribution is 6.04. The number of carbonyl (C=O) groups is 3. The number of benzene rings is 2. The van der Waals surface area contributed by atoms with Crippen molar-refractivity contribution in [3.63, 3.8) is 0 Å². The van der Waals surface area contributed by atoms with Crippen molar-refractivity contribution in [2.75, 3.05) is 19.0 Å². The number of para-hydroxylation sites is 1. The highest BCUT2D eigenvalue weighted by atomic mass is 16.5. The van der Waals surface area contributed by atoms with E-state index < -0.39 is 18.0 Å². The summed E-state index contributed by atoms with van der Waals surface area (Å²) >= 11 is 0. The average Bonchev–Trinajstić information content (AvgIpc) is 2.71. The zero-order valence-electron chi connectivity index (χ0n) is 16.8. The van der Waals surface area contributed by atoms with Crippen molar-refractivity contribution in [2.45, 2.75) is 32.8 Å². The number of nitrogens with one attached hydrogen (secondary N) is 1. The van der Waals surface area contributed by atoms with E-state index in [2.05, 4.69) is 5.32 Å². The number of ketones is 1. The molecule has 29 heavy (non-hydrogen) atoms. The van der Waals surface area contributed by atoms with E-state index in [0.717, 1.165) is 5.75 Å². The second-order valence-electron chi connectivity index (χ2n) is 6.35. The van der Waals surface area contributed by atoms with Crippen molar-refractivity contribution < 1.29 is 28.6 Å². The van der Waals surface area contributed by atoms with Gasteiger partial charge in [0.15, 0.2) is 11.9 Å². The lowest BCUT2D eigenvalue weighted by Crippen LogP contribution is -2.30. The molecule has 0 aliphatic carbocycles. The summed E-state index contributed by atoms with van der Waals surface area (Å²) in [4.78, 5) is 35.8. The predicted octanol–water partition coefficient (Wildman–Crippen LogP) is 3.63. The van der Waals surface area contributed by atoms with Gasteiger partial charge in [-0.15, -0.1) is 0 Å². The van der Waals surface area contributed by atoms with Crippen molar-refractivity contribution in [3.05, 3.63) is 54.1 Å². The van der Waals surface area contributed by atoms with Crippen LogP contribution in [0.3, 0.4) is 0 Å². The number of rotatable bonds is 10. The summed E-state index contributed by atoms with van der Waals surface area (Å²) < 4.78 is 15.8. The van der Waals surface area contributed by atoms with E-state index in [1.54, 1.807) is 55.6 Å². The SMILES string of the molecule is COc1ccc(OCCCC(=O)O[C@@H](C)C(=O)Nc2ccccc2C(C)=O)cc1. The Morgan fingerprint density at radius 2 is 1.66 bits per heavy atom. The van der Waals surface area contributed by atoms with Gasteiger partial charge in [0.1, 0.15) is 11.5 Å². The van der Waals surface area contributed by atoms with E-state index in [-0.39, 0.29) is 12.2 Å². The van der Waals surface area contributed by atoms with Crippen LogP contribution in [0.15, 0.2) is 48.5 Å². The molecule has 0 spiro atoms. The fourth-order valence-electron chi connectivity index (χ4n) is 2.52. The molecule has 0 aliphatic rings. The van der Waals surface area contributed by atoms with Crippen LogP contribution in [-0.4, -0.2) is 37.5 Å². The maximum absolute atomic E-state index is 12.3. The number of anilines is 1. The van der Waals surface area contributed by atoms with Gasteiger partial charge in [0, 0.05) is 12.0 Å². The minimum Gasteiger partial charge on any atom is -0.497 e. The molecule has 0 heterocycles. The minimum atomic E-state index is -0.981. The van der Waals surface area contributed by atoms with E-state index in [1.165, 1.54) is 13.8 Å². The van der Waals surface area contributed by atoms with Crippen LogP contribution >= 0.6 is 0 Å². The first-order valence-electron chi connectivity index (χ1n) is 9.28. The fraction of sp³-hybridized carbons (Fsp3) is 0.318. The average molecular weight is 399 g/mol. The lowest BCUT2D eigenvalue weighted by molar-refractivity contribution is -0.153. The van der Waals surface area contributed by atoms with Gasteiger partial charge in [-0.05, 0) is 56.7 Å². The third-order valence-electron chi connectivity index (χ3n) is 4.10. The molecule has 0 saturated carbocycles. The number of hydrogen-bond acceptors (Lipinski definition) is 6. The maximum atomic E-state index is 12.3. The Labute approximate surface area is 170 Å². The Hall–Kier alpha value is -3.35. The molecule has 0 aromatic heterocycles. The molecule has 0 bridgehead atoms. The summed E-state index contributed by atoms with van der Waals surface area (Å²) in [5.74, 6) is 0.255. The van der Waals surface area contributed by atoms with Crippen LogP contribution < -0.4 is 14.8 Å². The molecule has 7 nitrogen and oxygen atoms in total. The number of Topliss-reactive ketones (excluding diaryl/α,β-unsaturated/α-hetero) is 1. The van der Waals surface area contributed by atoms with Gasteiger partial charge < -0.3 is 19.5 Å². The van der Waals surface area contributed by atoms with Crippen LogP contribution in [0.4, 0.5) is 5.69 Å². The summed E-state index contributed by atoms with van der Waals surface area (Å²) in [5, 5.41) is 2.62. The smallest absolute Gasteiger partial charge is 0.306 e. The lowest BCUT2D eigenvalue weighted by atomic mass is 10.1. The number of hydrogen-bond donors (Lipinski definition) is 1. The van der Waals surface area contributed by atoms with Crippen molar-refractivity contribution in [1.82, 2.24) is 0 Å². The van der Waals surface area contributed by atoms with E-state index in [1.807, 2.05) is 0 Å². The molecule has 0 fully saturated rings. The largest absolute Gasteiger partial charge is 0.497 e. The van der Waals surface area contributed by atoms with Crippen molar-refractivity contribution in [3.8, 4) is 11.5 Å². The summed E-state index contributed by atoms with van der Waals surface area (Å²) in [7, 11) is 1.59. The maximum Gasteiger partial charge on any atom is 0.306 e. The first kappa shape index (κ1) is 21.9. The molecule has 2 aromatic carbocycles. The fourth-order valence-corrected chi connectivity index (χ4v) is 2.52. The first-order valence-corrected chi connectivity index (χ1v) is 9.28. The topological polar surface area (TPSA) is 90.9 Å². The number of ether oxygens (including phenoxy) is 3. The van der Waals surface area contributed by atoms with E-state index in [0.29, 0.717) is 30.0 Å². The predicted molar refractivity (Wildman–Crippen MR) is 108 cm³/mol. The molecule has 1 N–H and O–H groups in total. The molecule has 2 rings (SSSR count). The zero-order chi connectivity index (χ0) is 21.2. The molecule has 1 atom stereocenters. The van der Waals surface area contributed by atoms with Gasteiger partial charge in [-0.3, -0.25) is 14.4 Å². The van der Waals surface area contributed by atoms with E-state index in [9.17, 15) is 14.4 Å². The summed E-state index contributed by atoms with van der Waals surface area (Å²) in [5.41, 5.74) is 0.788. The van der Waals surface area contributed by atoms with E-state index >= 15 is 0 Å². The molecule has 154 valence electrons. The van der Waals surface area contributed by atoms with Crippen LogP contribution in [0, 0.1) is 0 Å². The first-order chi connectivity index (χ1) is 13.9. The Bertz CT molecular complexity index is 847. The Balaban J connectivity index is 1.73. The van der Waals surface area contributed by atoms with Crippen LogP contribution in [0.1, 0.15) is 37.0 Å². The lowest BCUT2D eigenvalue weighted by Gasteiger charge is -2.15. The molecule has 2 aromatic rings. The van der Waals surface area contributed by atoms with Crippen LogP contribution in [0.5, 0.6) is 11.5 Å². The van der Waals surface area contributed by atoms with Crippen molar-refractivity contribution in [1.29, 1.82) is 0 Å². The standard InChI is InChI=1S/C22H25NO6/c1-15(24)19-7-4-5-8-20(19)23-22(26)16(2)29-21(25)9-6-14-28-18-12-10-17(27-3)11-13-18/h4-5,7-8,10-13,16H,6,9,14H2,1-3H3,(H,23,26)/t16-/m0/s1. The van der Waals surface area contributed by atoms with Gasteiger partial charge in [0.2, 0.25) is 0 Å². The molecule has 0 saturated heterocycles. The van der Waals surface area contributed by atoms with Crippen LogP contribution in [0.25, 0.3) is 0 Å². The Morgan fingerprint density at radius 3 is 2.31 bits per heavy atom. The Morgan fingerprint density at radius 1 is 1.00 bits per heavy atom. The summed E-state index contributed by atoms with van der Waals surface area (Å²) in [6, 6.07) is 13.8. The molecular weight excluding hydrogens is 374 g/mol. The van der Waals surface area contributed by atoms with Gasteiger partial charge >= 0.3 is 5.97 Å². The van der Waals surface area contributed by atoms with Crippen molar-refractivity contribution >= 4 is 23.3 Å².